The van der Waals surface area contributed by atoms with Crippen LogP contribution < -0.4 is 10.3 Å². The van der Waals surface area contributed by atoms with Crippen molar-refractivity contribution in [1.82, 2.24) is 9.78 Å². The number of benzene rings is 1. The Kier molecular flexibility index (Phi) is 5.28. The van der Waals surface area contributed by atoms with Crippen molar-refractivity contribution in [3.63, 3.8) is 0 Å². The molecule has 0 unspecified atom stereocenters. The maximum Gasteiger partial charge on any atom is 0.328 e. The lowest BCUT2D eigenvalue weighted by atomic mass is 10.0. The van der Waals surface area contributed by atoms with E-state index < -0.39 is 35.0 Å². The molecule has 2 rings (SSSR count). The third-order valence-corrected chi connectivity index (χ3v) is 3.21. The minimum absolute atomic E-state index is 0.0308. The Balaban J connectivity index is 2.33. The van der Waals surface area contributed by atoms with Crippen molar-refractivity contribution in [3.8, 4) is 11.5 Å². The smallest absolute Gasteiger partial charge is 0.328 e. The Bertz CT molecular complexity index is 785. The molecule has 24 heavy (non-hydrogen) atoms. The molecular weight excluding hydrogens is 322 g/mol. The molecule has 1 heterocycles. The number of para-hydroxylation sites is 1. The van der Waals surface area contributed by atoms with Crippen LogP contribution in [0.3, 0.4) is 0 Å². The maximum atomic E-state index is 13.5. The highest BCUT2D eigenvalue weighted by molar-refractivity contribution is 5.71. The van der Waals surface area contributed by atoms with Gasteiger partial charge in [-0.15, -0.1) is 0 Å². The summed E-state index contributed by atoms with van der Waals surface area (Å²) in [6.07, 6.45) is 1.26. The molecule has 0 spiro atoms. The molecule has 0 radical (unpaired) electrons. The molecule has 0 aliphatic heterocycles. The summed E-state index contributed by atoms with van der Waals surface area (Å²) in [5.74, 6) is -3.86. The van der Waals surface area contributed by atoms with Gasteiger partial charge in [0.15, 0.2) is 29.2 Å². The summed E-state index contributed by atoms with van der Waals surface area (Å²) >= 11 is 0. The van der Waals surface area contributed by atoms with Crippen LogP contribution in [0.2, 0.25) is 0 Å². The van der Waals surface area contributed by atoms with Crippen LogP contribution in [-0.4, -0.2) is 20.9 Å². The minimum atomic E-state index is -1.19. The van der Waals surface area contributed by atoms with Crippen LogP contribution in [0.25, 0.3) is 0 Å². The number of hydrogen-bond acceptors (Lipinski definition) is 4. The highest BCUT2D eigenvalue weighted by atomic mass is 19.1. The fourth-order valence-electron chi connectivity index (χ4n) is 2.14. The Morgan fingerprint density at radius 3 is 2.46 bits per heavy atom. The molecule has 0 saturated heterocycles. The summed E-state index contributed by atoms with van der Waals surface area (Å²) in [5.41, 5.74) is -0.739. The largest absolute Gasteiger partial charge is 0.480 e. The lowest BCUT2D eigenvalue weighted by Gasteiger charge is -2.16. The Hall–Kier alpha value is -2.77. The van der Waals surface area contributed by atoms with E-state index in [2.05, 4.69) is 5.10 Å². The van der Waals surface area contributed by atoms with Crippen LogP contribution in [0.1, 0.15) is 26.3 Å². The molecule has 1 atom stereocenters. The SMILES string of the molecule is CC(C)C[C@@H](C(=O)O)n1ncc(Oc2c(F)cccc2F)cc1=O. The van der Waals surface area contributed by atoms with Crippen molar-refractivity contribution >= 4 is 5.97 Å². The lowest BCUT2D eigenvalue weighted by molar-refractivity contribution is -0.141. The molecule has 6 nitrogen and oxygen atoms in total. The van der Waals surface area contributed by atoms with Crippen LogP contribution in [0.15, 0.2) is 35.3 Å². The molecule has 0 aliphatic carbocycles. The zero-order valence-electron chi connectivity index (χ0n) is 13.1. The van der Waals surface area contributed by atoms with E-state index in [-0.39, 0.29) is 18.1 Å². The molecule has 0 saturated carbocycles. The average Bonchev–Trinajstić information content (AvgIpc) is 2.49. The predicted molar refractivity (Wildman–Crippen MR) is 81.1 cm³/mol. The van der Waals surface area contributed by atoms with Gasteiger partial charge >= 0.3 is 5.97 Å². The fourth-order valence-corrected chi connectivity index (χ4v) is 2.14. The molecule has 0 bridgehead atoms. The quantitative estimate of drug-likeness (QED) is 0.876. The van der Waals surface area contributed by atoms with E-state index in [1.54, 1.807) is 0 Å². The molecule has 1 N–H and O–H groups in total. The number of carbonyl (C=O) groups is 1. The summed E-state index contributed by atoms with van der Waals surface area (Å²) in [6, 6.07) is 3.01. The van der Waals surface area contributed by atoms with E-state index in [0.29, 0.717) is 0 Å². The Morgan fingerprint density at radius 1 is 1.33 bits per heavy atom. The first-order valence-corrected chi connectivity index (χ1v) is 7.23. The second-order valence-corrected chi connectivity index (χ2v) is 5.61. The first-order valence-electron chi connectivity index (χ1n) is 7.23. The van der Waals surface area contributed by atoms with Gasteiger partial charge in [0.25, 0.3) is 5.56 Å². The maximum absolute atomic E-state index is 13.5. The Labute approximate surface area is 136 Å². The van der Waals surface area contributed by atoms with Crippen molar-refractivity contribution in [3.05, 3.63) is 52.5 Å². The van der Waals surface area contributed by atoms with E-state index in [1.807, 2.05) is 13.8 Å². The fraction of sp³-hybridized carbons (Fsp3) is 0.312. The van der Waals surface area contributed by atoms with Gasteiger partial charge in [-0.25, -0.2) is 18.3 Å². The van der Waals surface area contributed by atoms with E-state index in [0.717, 1.165) is 29.1 Å². The van der Waals surface area contributed by atoms with Crippen molar-refractivity contribution in [2.24, 2.45) is 5.92 Å². The van der Waals surface area contributed by atoms with Crippen molar-refractivity contribution in [2.75, 3.05) is 0 Å². The van der Waals surface area contributed by atoms with Crippen LogP contribution in [-0.2, 0) is 4.79 Å². The normalized spacial score (nSPS) is 12.2. The topological polar surface area (TPSA) is 81.4 Å². The summed E-state index contributed by atoms with van der Waals surface area (Å²) in [7, 11) is 0. The van der Waals surface area contributed by atoms with Crippen LogP contribution in [0, 0.1) is 17.6 Å². The van der Waals surface area contributed by atoms with Crippen LogP contribution >= 0.6 is 0 Å². The molecular formula is C16H16F2N2O4. The third-order valence-electron chi connectivity index (χ3n) is 3.21. The lowest BCUT2D eigenvalue weighted by Crippen LogP contribution is -2.32. The van der Waals surface area contributed by atoms with Crippen molar-refractivity contribution < 1.29 is 23.4 Å². The van der Waals surface area contributed by atoms with Gasteiger partial charge in [-0.1, -0.05) is 19.9 Å². The van der Waals surface area contributed by atoms with Gasteiger partial charge < -0.3 is 9.84 Å². The first kappa shape index (κ1) is 17.6. The number of carboxylic acids is 1. The van der Waals surface area contributed by atoms with E-state index in [1.165, 1.54) is 6.07 Å². The van der Waals surface area contributed by atoms with Crippen LogP contribution in [0.5, 0.6) is 11.5 Å². The number of rotatable bonds is 6. The van der Waals surface area contributed by atoms with Gasteiger partial charge in [-0.2, -0.15) is 5.10 Å². The highest BCUT2D eigenvalue weighted by Gasteiger charge is 2.23. The van der Waals surface area contributed by atoms with Gasteiger partial charge in [0.2, 0.25) is 0 Å². The summed E-state index contributed by atoms with van der Waals surface area (Å²) in [6.45, 7) is 3.64. The number of carboxylic acid groups (broad SMARTS) is 1. The molecule has 2 aromatic rings. The number of aromatic nitrogens is 2. The number of aliphatic carboxylic acids is 1. The van der Waals surface area contributed by atoms with Crippen LogP contribution in [0.4, 0.5) is 8.78 Å². The monoisotopic (exact) mass is 338 g/mol. The van der Waals surface area contributed by atoms with Crippen molar-refractivity contribution in [1.29, 1.82) is 0 Å². The molecule has 0 amide bonds. The third kappa shape index (κ3) is 3.95. The average molecular weight is 338 g/mol. The number of hydrogen-bond donors (Lipinski definition) is 1. The molecule has 128 valence electrons. The molecule has 0 fully saturated rings. The number of nitrogens with zero attached hydrogens (tertiary/aromatic N) is 2. The minimum Gasteiger partial charge on any atom is -0.480 e. The van der Waals surface area contributed by atoms with Crippen molar-refractivity contribution in [2.45, 2.75) is 26.3 Å². The predicted octanol–water partition coefficient (Wildman–Crippen LogP) is 2.99. The van der Waals surface area contributed by atoms with E-state index in [9.17, 15) is 23.5 Å². The van der Waals surface area contributed by atoms with Gasteiger partial charge in [0.1, 0.15) is 0 Å². The van der Waals surface area contributed by atoms with E-state index >= 15 is 0 Å². The second kappa shape index (κ2) is 7.20. The highest BCUT2D eigenvalue weighted by Crippen LogP contribution is 2.26. The first-order chi connectivity index (χ1) is 11.3. The Morgan fingerprint density at radius 2 is 1.96 bits per heavy atom. The summed E-state index contributed by atoms with van der Waals surface area (Å²) in [4.78, 5) is 23.4. The molecule has 1 aromatic carbocycles. The van der Waals surface area contributed by atoms with Gasteiger partial charge in [0.05, 0.1) is 6.20 Å². The van der Waals surface area contributed by atoms with Gasteiger partial charge in [-0.05, 0) is 24.5 Å². The number of halogens is 2. The summed E-state index contributed by atoms with van der Waals surface area (Å²) < 4.78 is 32.9. The second-order valence-electron chi connectivity index (χ2n) is 5.61. The molecule has 1 aromatic heterocycles. The van der Waals surface area contributed by atoms with E-state index in [4.69, 9.17) is 4.74 Å². The summed E-state index contributed by atoms with van der Waals surface area (Å²) in [5, 5.41) is 13.0. The number of ether oxygens (including phenoxy) is 1. The van der Waals surface area contributed by atoms with Gasteiger partial charge in [0, 0.05) is 6.07 Å². The van der Waals surface area contributed by atoms with Gasteiger partial charge in [-0.3, -0.25) is 4.79 Å². The standard InChI is InChI=1S/C16H16F2N2O4/c1-9(2)6-13(16(22)23)20-14(21)7-10(8-19-20)24-15-11(17)4-3-5-12(15)18/h3-5,7-9,13H,6H2,1-2H3,(H,22,23)/t13-/m0/s1. The zero-order valence-corrected chi connectivity index (χ0v) is 13.1. The molecule has 0 aliphatic rings. The molecule has 8 heteroatoms. The zero-order chi connectivity index (χ0) is 17.9.